The summed E-state index contributed by atoms with van der Waals surface area (Å²) in [6.07, 6.45) is 6.59. The summed E-state index contributed by atoms with van der Waals surface area (Å²) in [7, 11) is 0. The minimum absolute atomic E-state index is 0.0767. The number of carbonyl (C=O) groups excluding carboxylic acids is 1. The molecular weight excluding hydrogens is 272 g/mol. The van der Waals surface area contributed by atoms with Crippen LogP contribution in [0.5, 0.6) is 0 Å². The van der Waals surface area contributed by atoms with Gasteiger partial charge >= 0.3 is 6.03 Å². The average molecular weight is 300 g/mol. The largest absolute Gasteiger partial charge is 0.376 e. The first-order valence-electron chi connectivity index (χ1n) is 7.99. The Balaban J connectivity index is 1.58. The second kappa shape index (κ2) is 8.78. The van der Waals surface area contributed by atoms with Crippen LogP contribution in [0.25, 0.3) is 0 Å². The molecule has 1 N–H and O–H groups in total. The fourth-order valence-electron chi connectivity index (χ4n) is 2.96. The lowest BCUT2D eigenvalue weighted by molar-refractivity contribution is -0.00269. The third-order valence-electron chi connectivity index (χ3n) is 4.25. The molecule has 4 nitrogen and oxygen atoms in total. The van der Waals surface area contributed by atoms with Crippen LogP contribution in [0.2, 0.25) is 0 Å². The second-order valence-electron chi connectivity index (χ2n) is 5.86. The summed E-state index contributed by atoms with van der Waals surface area (Å²) in [5.74, 6) is 2.90. The first-order valence-corrected chi connectivity index (χ1v) is 9.15. The molecule has 2 amide bonds. The molecule has 2 aliphatic rings. The quantitative estimate of drug-likeness (QED) is 0.812. The van der Waals surface area contributed by atoms with Gasteiger partial charge in [0.25, 0.3) is 0 Å². The van der Waals surface area contributed by atoms with Crippen LogP contribution in [0.3, 0.4) is 0 Å². The molecule has 0 radical (unpaired) electrons. The van der Waals surface area contributed by atoms with Crippen molar-refractivity contribution in [3.8, 4) is 0 Å². The van der Waals surface area contributed by atoms with Gasteiger partial charge in [-0.2, -0.15) is 11.8 Å². The smallest absolute Gasteiger partial charge is 0.317 e. The minimum Gasteiger partial charge on any atom is -0.376 e. The zero-order valence-corrected chi connectivity index (χ0v) is 13.4. The van der Waals surface area contributed by atoms with Crippen molar-refractivity contribution >= 4 is 17.8 Å². The summed E-state index contributed by atoms with van der Waals surface area (Å²) < 4.78 is 5.92. The van der Waals surface area contributed by atoms with Crippen LogP contribution in [0.4, 0.5) is 4.79 Å². The lowest BCUT2D eigenvalue weighted by atomic mass is 9.88. The number of rotatable bonds is 4. The van der Waals surface area contributed by atoms with E-state index in [1.54, 1.807) is 0 Å². The van der Waals surface area contributed by atoms with Crippen LogP contribution in [0.1, 0.15) is 39.0 Å². The van der Waals surface area contributed by atoms with Gasteiger partial charge in [0.2, 0.25) is 0 Å². The monoisotopic (exact) mass is 300 g/mol. The van der Waals surface area contributed by atoms with Gasteiger partial charge in [0.15, 0.2) is 0 Å². The van der Waals surface area contributed by atoms with E-state index < -0.39 is 0 Å². The Hall–Kier alpha value is -0.420. The molecule has 1 heterocycles. The Morgan fingerprint density at radius 2 is 2.10 bits per heavy atom. The topological polar surface area (TPSA) is 41.6 Å². The van der Waals surface area contributed by atoms with Crippen molar-refractivity contribution in [3.05, 3.63) is 0 Å². The molecule has 5 heteroatoms. The fourth-order valence-corrected chi connectivity index (χ4v) is 3.85. The van der Waals surface area contributed by atoms with E-state index in [1.165, 1.54) is 31.4 Å². The summed E-state index contributed by atoms with van der Waals surface area (Å²) in [5, 5.41) is 2.99. The van der Waals surface area contributed by atoms with E-state index in [0.29, 0.717) is 25.2 Å². The number of carbonyl (C=O) groups is 1. The van der Waals surface area contributed by atoms with Gasteiger partial charge in [0.1, 0.15) is 0 Å². The molecule has 0 aromatic carbocycles. The van der Waals surface area contributed by atoms with Gasteiger partial charge in [-0.3, -0.25) is 0 Å². The van der Waals surface area contributed by atoms with Crippen molar-refractivity contribution in [3.63, 3.8) is 0 Å². The molecule has 2 rings (SSSR count). The van der Waals surface area contributed by atoms with Crippen LogP contribution in [0.15, 0.2) is 0 Å². The molecule has 0 spiro atoms. The Labute approximate surface area is 127 Å². The predicted molar refractivity (Wildman–Crippen MR) is 84.3 cm³/mol. The van der Waals surface area contributed by atoms with E-state index in [0.717, 1.165) is 25.3 Å². The third kappa shape index (κ3) is 5.17. The van der Waals surface area contributed by atoms with E-state index >= 15 is 0 Å². The zero-order valence-electron chi connectivity index (χ0n) is 12.6. The number of nitrogens with one attached hydrogen (secondary N) is 1. The van der Waals surface area contributed by atoms with Crippen LogP contribution in [0, 0.1) is 5.92 Å². The van der Waals surface area contributed by atoms with Gasteiger partial charge in [0, 0.05) is 25.4 Å². The first-order chi connectivity index (χ1) is 9.77. The van der Waals surface area contributed by atoms with Crippen molar-refractivity contribution in [2.45, 2.75) is 45.1 Å². The predicted octanol–water partition coefficient (Wildman–Crippen LogP) is 2.73. The average Bonchev–Trinajstić information content (AvgIpc) is 2.74. The molecule has 0 unspecified atom stereocenters. The Morgan fingerprint density at radius 3 is 2.95 bits per heavy atom. The maximum absolute atomic E-state index is 12.0. The van der Waals surface area contributed by atoms with Gasteiger partial charge in [-0.05, 0) is 30.9 Å². The highest BCUT2D eigenvalue weighted by Gasteiger charge is 2.21. The van der Waals surface area contributed by atoms with E-state index in [2.05, 4.69) is 12.2 Å². The van der Waals surface area contributed by atoms with Crippen molar-refractivity contribution in [1.82, 2.24) is 10.2 Å². The highest BCUT2D eigenvalue weighted by Crippen LogP contribution is 2.25. The van der Waals surface area contributed by atoms with Crippen LogP contribution in [-0.4, -0.2) is 54.8 Å². The van der Waals surface area contributed by atoms with E-state index in [4.69, 9.17) is 4.74 Å². The Bertz CT molecular complexity index is 294. The first kappa shape index (κ1) is 16.0. The summed E-state index contributed by atoms with van der Waals surface area (Å²) in [6.45, 7) is 5.31. The number of nitrogens with zero attached hydrogens (tertiary/aromatic N) is 1. The van der Waals surface area contributed by atoms with Gasteiger partial charge < -0.3 is 15.0 Å². The summed E-state index contributed by atoms with van der Waals surface area (Å²) in [4.78, 5) is 14.0. The van der Waals surface area contributed by atoms with E-state index in [9.17, 15) is 4.79 Å². The normalized spacial score (nSPS) is 27.9. The highest BCUT2D eigenvalue weighted by atomic mass is 32.2. The standard InChI is InChI=1S/C15H28N2O2S/c1-13-5-2-3-6-14(13)19-10-7-16-15(18)17-8-4-11-20-12-9-17/h13-14H,2-12H2,1H3,(H,16,18)/t13-,14+/m1/s1. The van der Waals surface area contributed by atoms with Gasteiger partial charge in [-0.15, -0.1) is 0 Å². The summed E-state index contributed by atoms with van der Waals surface area (Å²) in [6, 6.07) is 0.0767. The van der Waals surface area contributed by atoms with Crippen molar-refractivity contribution in [2.24, 2.45) is 5.92 Å². The molecule has 2 atom stereocenters. The molecule has 0 bridgehead atoms. The second-order valence-corrected chi connectivity index (χ2v) is 7.08. The number of hydrogen-bond acceptors (Lipinski definition) is 3. The molecule has 1 aliphatic carbocycles. The van der Waals surface area contributed by atoms with E-state index in [1.807, 2.05) is 16.7 Å². The van der Waals surface area contributed by atoms with Gasteiger partial charge in [-0.1, -0.05) is 19.8 Å². The molecule has 20 heavy (non-hydrogen) atoms. The number of ether oxygens (including phenoxy) is 1. The molecule has 0 aromatic heterocycles. The zero-order chi connectivity index (χ0) is 14.2. The maximum atomic E-state index is 12.0. The molecule has 1 aliphatic heterocycles. The number of urea groups is 1. The molecule has 1 saturated heterocycles. The van der Waals surface area contributed by atoms with Crippen LogP contribution >= 0.6 is 11.8 Å². The summed E-state index contributed by atoms with van der Waals surface area (Å²) >= 11 is 1.94. The summed E-state index contributed by atoms with van der Waals surface area (Å²) in [5.41, 5.74) is 0. The van der Waals surface area contributed by atoms with Crippen LogP contribution < -0.4 is 5.32 Å². The number of thioether (sulfide) groups is 1. The SMILES string of the molecule is C[C@@H]1CCCC[C@@H]1OCCNC(=O)N1CCCSCC1. The minimum atomic E-state index is 0.0767. The molecule has 1 saturated carbocycles. The molecule has 0 aromatic rings. The number of amides is 2. The van der Waals surface area contributed by atoms with Gasteiger partial charge in [-0.25, -0.2) is 4.79 Å². The van der Waals surface area contributed by atoms with E-state index in [-0.39, 0.29) is 6.03 Å². The maximum Gasteiger partial charge on any atom is 0.317 e. The fraction of sp³-hybridized carbons (Fsp3) is 0.933. The van der Waals surface area contributed by atoms with Gasteiger partial charge in [0.05, 0.1) is 12.7 Å². The van der Waals surface area contributed by atoms with Crippen LogP contribution in [-0.2, 0) is 4.74 Å². The third-order valence-corrected chi connectivity index (χ3v) is 5.30. The number of hydrogen-bond donors (Lipinski definition) is 1. The lowest BCUT2D eigenvalue weighted by Gasteiger charge is -2.29. The van der Waals surface area contributed by atoms with Crippen molar-refractivity contribution < 1.29 is 9.53 Å². The van der Waals surface area contributed by atoms with Crippen molar-refractivity contribution in [2.75, 3.05) is 37.7 Å². The molecule has 116 valence electrons. The molecular formula is C15H28N2O2S. The Kier molecular flexibility index (Phi) is 7.00. The molecule has 2 fully saturated rings. The van der Waals surface area contributed by atoms with Crippen molar-refractivity contribution in [1.29, 1.82) is 0 Å². The highest BCUT2D eigenvalue weighted by molar-refractivity contribution is 7.99. The Morgan fingerprint density at radius 1 is 1.25 bits per heavy atom. The lowest BCUT2D eigenvalue weighted by Crippen LogP contribution is -2.42.